The second kappa shape index (κ2) is 6.35. The van der Waals surface area contributed by atoms with Gasteiger partial charge in [0.2, 0.25) is 0 Å². The molecule has 0 amide bonds. The lowest BCUT2D eigenvalue weighted by atomic mass is 10.0. The minimum Gasteiger partial charge on any atom is -0.497 e. The van der Waals surface area contributed by atoms with E-state index in [0.29, 0.717) is 32.7 Å². The van der Waals surface area contributed by atoms with Gasteiger partial charge in [0.25, 0.3) is 0 Å². The van der Waals surface area contributed by atoms with Crippen molar-refractivity contribution in [3.8, 4) is 11.5 Å². The molecular formula is C15H14Cl2O3. The quantitative estimate of drug-likeness (QED) is 0.924. The van der Waals surface area contributed by atoms with Crippen molar-refractivity contribution < 1.29 is 14.6 Å². The van der Waals surface area contributed by atoms with Crippen LogP contribution in [0.15, 0.2) is 36.4 Å². The van der Waals surface area contributed by atoms with Gasteiger partial charge in [-0.2, -0.15) is 0 Å². The van der Waals surface area contributed by atoms with Gasteiger partial charge in [0.05, 0.1) is 14.2 Å². The highest BCUT2D eigenvalue weighted by molar-refractivity contribution is 6.35. The van der Waals surface area contributed by atoms with Gasteiger partial charge in [-0.05, 0) is 24.3 Å². The van der Waals surface area contributed by atoms with Crippen molar-refractivity contribution in [3.63, 3.8) is 0 Å². The first-order chi connectivity index (χ1) is 9.56. The largest absolute Gasteiger partial charge is 0.497 e. The first-order valence-electron chi connectivity index (χ1n) is 5.91. The zero-order chi connectivity index (χ0) is 14.7. The van der Waals surface area contributed by atoms with Crippen LogP contribution in [-0.4, -0.2) is 19.3 Å². The second-order valence-corrected chi connectivity index (χ2v) is 5.02. The van der Waals surface area contributed by atoms with Crippen molar-refractivity contribution in [2.75, 3.05) is 14.2 Å². The molecule has 20 heavy (non-hydrogen) atoms. The number of benzene rings is 2. The Bertz CT molecular complexity index is 614. The standard InChI is InChI=1S/C15H14Cl2O3/c1-19-10-4-6-12(14(8-10)20-2)15(18)11-5-3-9(16)7-13(11)17/h3-8,15,18H,1-2H3/t15-/m0/s1. The lowest BCUT2D eigenvalue weighted by Gasteiger charge is -2.17. The average Bonchev–Trinajstić information content (AvgIpc) is 2.46. The Morgan fingerprint density at radius 2 is 1.65 bits per heavy atom. The third-order valence-corrected chi connectivity index (χ3v) is 3.55. The van der Waals surface area contributed by atoms with E-state index in [2.05, 4.69) is 0 Å². The van der Waals surface area contributed by atoms with E-state index in [1.807, 2.05) is 0 Å². The lowest BCUT2D eigenvalue weighted by Crippen LogP contribution is -2.03. The maximum atomic E-state index is 10.5. The molecule has 1 N–H and O–H groups in total. The van der Waals surface area contributed by atoms with Crippen molar-refractivity contribution in [1.82, 2.24) is 0 Å². The molecular weight excluding hydrogens is 299 g/mol. The molecule has 0 saturated heterocycles. The number of aliphatic hydroxyl groups excluding tert-OH is 1. The van der Waals surface area contributed by atoms with Crippen LogP contribution in [0.3, 0.4) is 0 Å². The van der Waals surface area contributed by atoms with Gasteiger partial charge in [-0.3, -0.25) is 0 Å². The summed E-state index contributed by atoms with van der Waals surface area (Å²) in [5.41, 5.74) is 1.18. The highest BCUT2D eigenvalue weighted by atomic mass is 35.5. The van der Waals surface area contributed by atoms with Crippen molar-refractivity contribution in [1.29, 1.82) is 0 Å². The molecule has 5 heteroatoms. The van der Waals surface area contributed by atoms with E-state index in [1.54, 1.807) is 43.5 Å². The van der Waals surface area contributed by atoms with Crippen molar-refractivity contribution >= 4 is 23.2 Å². The molecule has 106 valence electrons. The van der Waals surface area contributed by atoms with E-state index in [0.717, 1.165) is 0 Å². The summed E-state index contributed by atoms with van der Waals surface area (Å²) >= 11 is 12.0. The molecule has 0 aliphatic carbocycles. The molecule has 0 fully saturated rings. The topological polar surface area (TPSA) is 38.7 Å². The summed E-state index contributed by atoms with van der Waals surface area (Å²) in [6.45, 7) is 0. The molecule has 0 aromatic heterocycles. The fourth-order valence-corrected chi connectivity index (χ4v) is 2.45. The van der Waals surface area contributed by atoms with Gasteiger partial charge >= 0.3 is 0 Å². The summed E-state index contributed by atoms with van der Waals surface area (Å²) < 4.78 is 10.4. The summed E-state index contributed by atoms with van der Waals surface area (Å²) in [4.78, 5) is 0. The van der Waals surface area contributed by atoms with Crippen molar-refractivity contribution in [2.45, 2.75) is 6.10 Å². The molecule has 3 nitrogen and oxygen atoms in total. The molecule has 0 aliphatic rings. The molecule has 1 atom stereocenters. The zero-order valence-corrected chi connectivity index (χ0v) is 12.6. The normalized spacial score (nSPS) is 12.1. The molecule has 2 aromatic rings. The van der Waals surface area contributed by atoms with Crippen molar-refractivity contribution in [2.24, 2.45) is 0 Å². The van der Waals surface area contributed by atoms with Gasteiger partial charge in [-0.15, -0.1) is 0 Å². The Kier molecular flexibility index (Phi) is 4.76. The van der Waals surface area contributed by atoms with E-state index < -0.39 is 6.10 Å². The molecule has 0 spiro atoms. The fraction of sp³-hybridized carbons (Fsp3) is 0.200. The highest BCUT2D eigenvalue weighted by Gasteiger charge is 2.18. The molecule has 2 rings (SSSR count). The van der Waals surface area contributed by atoms with Crippen LogP contribution < -0.4 is 9.47 Å². The monoisotopic (exact) mass is 312 g/mol. The summed E-state index contributed by atoms with van der Waals surface area (Å²) in [7, 11) is 3.11. The molecule has 0 saturated carbocycles. The van der Waals surface area contributed by atoms with Crippen LogP contribution in [0.25, 0.3) is 0 Å². The van der Waals surface area contributed by atoms with E-state index in [9.17, 15) is 5.11 Å². The maximum Gasteiger partial charge on any atom is 0.128 e. The zero-order valence-electron chi connectivity index (χ0n) is 11.1. The molecule has 0 radical (unpaired) electrons. The number of aliphatic hydroxyl groups is 1. The Labute approximate surface area is 127 Å². The molecule has 0 aliphatic heterocycles. The Morgan fingerprint density at radius 3 is 2.25 bits per heavy atom. The van der Waals surface area contributed by atoms with Crippen LogP contribution in [0.4, 0.5) is 0 Å². The Morgan fingerprint density at radius 1 is 0.950 bits per heavy atom. The Balaban J connectivity index is 2.44. The fourth-order valence-electron chi connectivity index (χ4n) is 1.94. The van der Waals surface area contributed by atoms with E-state index in [4.69, 9.17) is 32.7 Å². The van der Waals surface area contributed by atoms with Gasteiger partial charge in [-0.25, -0.2) is 0 Å². The van der Waals surface area contributed by atoms with E-state index >= 15 is 0 Å². The molecule has 0 heterocycles. The SMILES string of the molecule is COc1ccc([C@@H](O)c2ccc(Cl)cc2Cl)c(OC)c1. The third-order valence-electron chi connectivity index (χ3n) is 2.99. The maximum absolute atomic E-state index is 10.5. The van der Waals surface area contributed by atoms with Crippen LogP contribution in [0.2, 0.25) is 10.0 Å². The third kappa shape index (κ3) is 3.01. The van der Waals surface area contributed by atoms with Crippen LogP contribution in [0, 0.1) is 0 Å². The van der Waals surface area contributed by atoms with Gasteiger partial charge < -0.3 is 14.6 Å². The first-order valence-corrected chi connectivity index (χ1v) is 6.67. The van der Waals surface area contributed by atoms with Crippen LogP contribution in [-0.2, 0) is 0 Å². The van der Waals surface area contributed by atoms with Crippen LogP contribution >= 0.6 is 23.2 Å². The van der Waals surface area contributed by atoms with Crippen LogP contribution in [0.5, 0.6) is 11.5 Å². The summed E-state index contributed by atoms with van der Waals surface area (Å²) in [6, 6.07) is 10.2. The number of hydrogen-bond donors (Lipinski definition) is 1. The number of halogens is 2. The van der Waals surface area contributed by atoms with Crippen LogP contribution in [0.1, 0.15) is 17.2 Å². The van der Waals surface area contributed by atoms with Gasteiger partial charge in [-0.1, -0.05) is 29.3 Å². The van der Waals surface area contributed by atoms with Gasteiger partial charge in [0, 0.05) is 27.2 Å². The predicted octanol–water partition coefficient (Wildman–Crippen LogP) is 4.09. The average molecular weight is 313 g/mol. The minimum atomic E-state index is -0.902. The van der Waals surface area contributed by atoms with E-state index in [-0.39, 0.29) is 0 Å². The predicted molar refractivity (Wildman–Crippen MR) is 80.1 cm³/mol. The lowest BCUT2D eigenvalue weighted by molar-refractivity contribution is 0.214. The molecule has 0 bridgehead atoms. The molecule has 0 unspecified atom stereocenters. The van der Waals surface area contributed by atoms with E-state index in [1.165, 1.54) is 7.11 Å². The summed E-state index contributed by atoms with van der Waals surface area (Å²) in [6.07, 6.45) is -0.902. The summed E-state index contributed by atoms with van der Waals surface area (Å²) in [5, 5.41) is 11.4. The number of rotatable bonds is 4. The molecule has 2 aromatic carbocycles. The smallest absolute Gasteiger partial charge is 0.128 e. The number of ether oxygens (including phenoxy) is 2. The summed E-state index contributed by atoms with van der Waals surface area (Å²) in [5.74, 6) is 1.18. The number of hydrogen-bond acceptors (Lipinski definition) is 3. The first kappa shape index (κ1) is 15.0. The number of methoxy groups -OCH3 is 2. The highest BCUT2D eigenvalue weighted by Crippen LogP contribution is 2.36. The minimum absolute atomic E-state index is 0.405. The second-order valence-electron chi connectivity index (χ2n) is 4.18. The van der Waals surface area contributed by atoms with Crippen molar-refractivity contribution in [3.05, 3.63) is 57.6 Å². The van der Waals surface area contributed by atoms with Gasteiger partial charge in [0.1, 0.15) is 17.6 Å². The Hall–Kier alpha value is -1.42. The van der Waals surface area contributed by atoms with Gasteiger partial charge in [0.15, 0.2) is 0 Å².